The Bertz CT molecular complexity index is 1490. The Hall–Kier alpha value is -3.60. The Balaban J connectivity index is 1.79. The van der Waals surface area contributed by atoms with Gasteiger partial charge in [0.15, 0.2) is 0 Å². The van der Waals surface area contributed by atoms with Crippen LogP contribution in [0.15, 0.2) is 72.0 Å². The SMILES string of the molecule is COc1ccncc1C#Cc1cc(Cl)ccc1NS(=O)(=O)c1c(C)ccc2cccnc12. The summed E-state index contributed by atoms with van der Waals surface area (Å²) in [7, 11) is -2.42. The smallest absolute Gasteiger partial charge is 0.264 e. The Morgan fingerprint density at radius 2 is 1.84 bits per heavy atom. The van der Waals surface area contributed by atoms with Gasteiger partial charge in [-0.15, -0.1) is 0 Å². The summed E-state index contributed by atoms with van der Waals surface area (Å²) in [6.07, 6.45) is 4.75. The number of anilines is 1. The number of methoxy groups -OCH3 is 1. The number of ether oxygens (including phenoxy) is 1. The van der Waals surface area contributed by atoms with Gasteiger partial charge in [-0.3, -0.25) is 14.7 Å². The molecule has 0 unspecified atom stereocenters. The van der Waals surface area contributed by atoms with Crippen molar-refractivity contribution in [1.29, 1.82) is 0 Å². The molecule has 4 rings (SSSR count). The Kier molecular flexibility index (Phi) is 5.99. The average molecular weight is 464 g/mol. The normalized spacial score (nSPS) is 11.0. The zero-order chi connectivity index (χ0) is 22.7. The van der Waals surface area contributed by atoms with Crippen LogP contribution in [-0.2, 0) is 10.0 Å². The van der Waals surface area contributed by atoms with Crippen LogP contribution in [0.1, 0.15) is 16.7 Å². The highest BCUT2D eigenvalue weighted by Gasteiger charge is 2.22. The van der Waals surface area contributed by atoms with Crippen LogP contribution in [0.25, 0.3) is 10.9 Å². The molecule has 0 spiro atoms. The number of pyridine rings is 2. The molecule has 0 saturated carbocycles. The number of nitrogens with one attached hydrogen (secondary N) is 1. The molecule has 1 N–H and O–H groups in total. The standard InChI is InChI=1S/C24H18ClN3O3S/c1-16-5-6-17-4-3-12-27-23(17)24(16)32(29,30)28-21-10-9-20(25)14-18(21)7-8-19-15-26-13-11-22(19)31-2/h3-6,9-15,28H,1-2H3. The van der Waals surface area contributed by atoms with E-state index >= 15 is 0 Å². The van der Waals surface area contributed by atoms with Crippen LogP contribution in [0.2, 0.25) is 5.02 Å². The molecule has 4 aromatic rings. The van der Waals surface area contributed by atoms with Crippen molar-refractivity contribution >= 4 is 38.2 Å². The first kappa shape index (κ1) is 21.6. The molecule has 6 nitrogen and oxygen atoms in total. The predicted molar refractivity (Wildman–Crippen MR) is 126 cm³/mol. The minimum atomic E-state index is -3.96. The fourth-order valence-electron chi connectivity index (χ4n) is 3.25. The Morgan fingerprint density at radius 3 is 2.66 bits per heavy atom. The van der Waals surface area contributed by atoms with E-state index < -0.39 is 10.0 Å². The van der Waals surface area contributed by atoms with E-state index in [1.54, 1.807) is 69.0 Å². The van der Waals surface area contributed by atoms with Crippen LogP contribution in [-0.4, -0.2) is 25.5 Å². The Morgan fingerprint density at radius 1 is 1.03 bits per heavy atom. The van der Waals surface area contributed by atoms with Crippen molar-refractivity contribution in [3.8, 4) is 17.6 Å². The second kappa shape index (κ2) is 8.87. The van der Waals surface area contributed by atoms with Crippen LogP contribution >= 0.6 is 11.6 Å². The molecule has 32 heavy (non-hydrogen) atoms. The molecule has 0 radical (unpaired) electrons. The van der Waals surface area contributed by atoms with Crippen molar-refractivity contribution in [3.05, 3.63) is 88.8 Å². The highest BCUT2D eigenvalue weighted by atomic mass is 35.5. The van der Waals surface area contributed by atoms with Gasteiger partial charge >= 0.3 is 0 Å². The van der Waals surface area contributed by atoms with Gasteiger partial charge in [-0.25, -0.2) is 8.42 Å². The summed E-state index contributed by atoms with van der Waals surface area (Å²) in [6.45, 7) is 1.74. The molecule has 160 valence electrons. The number of aryl methyl sites for hydroxylation is 1. The number of nitrogens with zero attached hydrogens (tertiary/aromatic N) is 2. The number of hydrogen-bond acceptors (Lipinski definition) is 5. The molecule has 2 aromatic heterocycles. The summed E-state index contributed by atoms with van der Waals surface area (Å²) in [5, 5.41) is 1.16. The zero-order valence-corrected chi connectivity index (χ0v) is 18.8. The van der Waals surface area contributed by atoms with Gasteiger partial charge in [-0.2, -0.15) is 0 Å². The van der Waals surface area contributed by atoms with Crippen molar-refractivity contribution in [1.82, 2.24) is 9.97 Å². The van der Waals surface area contributed by atoms with E-state index in [4.69, 9.17) is 16.3 Å². The first-order chi connectivity index (χ1) is 15.4. The highest BCUT2D eigenvalue weighted by molar-refractivity contribution is 7.93. The van der Waals surface area contributed by atoms with Crippen molar-refractivity contribution in [2.45, 2.75) is 11.8 Å². The molecular weight excluding hydrogens is 446 g/mol. The summed E-state index contributed by atoms with van der Waals surface area (Å²) in [5.41, 5.74) is 2.28. The number of sulfonamides is 1. The maximum absolute atomic E-state index is 13.4. The van der Waals surface area contributed by atoms with Crippen molar-refractivity contribution in [2.24, 2.45) is 0 Å². The van der Waals surface area contributed by atoms with Crippen molar-refractivity contribution in [2.75, 3.05) is 11.8 Å². The first-order valence-electron chi connectivity index (χ1n) is 9.56. The van der Waals surface area contributed by atoms with Crippen molar-refractivity contribution < 1.29 is 13.2 Å². The number of halogens is 1. The van der Waals surface area contributed by atoms with Gasteiger partial charge in [0.1, 0.15) is 10.6 Å². The molecule has 0 atom stereocenters. The van der Waals surface area contributed by atoms with E-state index in [2.05, 4.69) is 26.5 Å². The van der Waals surface area contributed by atoms with E-state index in [0.717, 1.165) is 5.39 Å². The maximum Gasteiger partial charge on any atom is 0.264 e. The van der Waals surface area contributed by atoms with E-state index in [9.17, 15) is 8.42 Å². The Labute approximate surface area is 191 Å². The minimum Gasteiger partial charge on any atom is -0.495 e. The number of fused-ring (bicyclic) bond motifs is 1. The third kappa shape index (κ3) is 4.37. The van der Waals surface area contributed by atoms with Gasteiger partial charge in [-0.05, 0) is 42.8 Å². The van der Waals surface area contributed by atoms with Gasteiger partial charge in [0.2, 0.25) is 0 Å². The summed E-state index contributed by atoms with van der Waals surface area (Å²) in [6, 6.07) is 13.7. The number of hydrogen-bond donors (Lipinski definition) is 1. The van der Waals surface area contributed by atoms with Crippen LogP contribution in [0.3, 0.4) is 0 Å². The molecule has 8 heteroatoms. The molecule has 2 aromatic carbocycles. The second-order valence-corrected chi connectivity index (χ2v) is 8.96. The molecule has 0 aliphatic heterocycles. The number of benzene rings is 2. The molecule has 0 aliphatic rings. The van der Waals surface area contributed by atoms with Gasteiger partial charge < -0.3 is 4.74 Å². The van der Waals surface area contributed by atoms with Gasteiger partial charge in [0.25, 0.3) is 10.0 Å². The van der Waals surface area contributed by atoms with Crippen LogP contribution < -0.4 is 9.46 Å². The first-order valence-corrected chi connectivity index (χ1v) is 11.4. The monoisotopic (exact) mass is 463 g/mol. The lowest BCUT2D eigenvalue weighted by molar-refractivity contribution is 0.413. The topological polar surface area (TPSA) is 81.2 Å². The lowest BCUT2D eigenvalue weighted by atomic mass is 10.1. The molecule has 0 aliphatic carbocycles. The molecular formula is C24H18ClN3O3S. The van der Waals surface area contributed by atoms with E-state index in [0.29, 0.717) is 38.7 Å². The third-order valence-electron chi connectivity index (χ3n) is 4.75. The summed E-state index contributed by atoms with van der Waals surface area (Å²) in [4.78, 5) is 8.47. The van der Waals surface area contributed by atoms with E-state index in [1.165, 1.54) is 0 Å². The van der Waals surface area contributed by atoms with Gasteiger partial charge in [0, 0.05) is 29.0 Å². The zero-order valence-electron chi connectivity index (χ0n) is 17.3. The fraction of sp³-hybridized carbons (Fsp3) is 0.0833. The average Bonchev–Trinajstić information content (AvgIpc) is 2.79. The summed E-state index contributed by atoms with van der Waals surface area (Å²) in [5.74, 6) is 6.51. The number of rotatable bonds is 4. The summed E-state index contributed by atoms with van der Waals surface area (Å²) < 4.78 is 34.7. The second-order valence-electron chi connectivity index (χ2n) is 6.91. The largest absolute Gasteiger partial charge is 0.495 e. The molecule has 0 saturated heterocycles. The van der Waals surface area contributed by atoms with Crippen LogP contribution in [0.4, 0.5) is 5.69 Å². The quantitative estimate of drug-likeness (QED) is 0.439. The summed E-state index contributed by atoms with van der Waals surface area (Å²) >= 11 is 6.16. The molecule has 0 amide bonds. The van der Waals surface area contributed by atoms with E-state index in [1.807, 2.05) is 12.1 Å². The fourth-order valence-corrected chi connectivity index (χ4v) is 4.91. The molecule has 0 bridgehead atoms. The molecule has 2 heterocycles. The van der Waals surface area contributed by atoms with Gasteiger partial charge in [0.05, 0.1) is 29.4 Å². The third-order valence-corrected chi connectivity index (χ3v) is 6.53. The highest BCUT2D eigenvalue weighted by Crippen LogP contribution is 2.29. The number of aromatic nitrogens is 2. The van der Waals surface area contributed by atoms with Crippen molar-refractivity contribution in [3.63, 3.8) is 0 Å². The minimum absolute atomic E-state index is 0.124. The maximum atomic E-state index is 13.4. The van der Waals surface area contributed by atoms with Gasteiger partial charge in [-0.1, -0.05) is 41.6 Å². The van der Waals surface area contributed by atoms with E-state index in [-0.39, 0.29) is 4.90 Å². The predicted octanol–water partition coefficient (Wildman–Crippen LogP) is 4.80. The lowest BCUT2D eigenvalue weighted by Crippen LogP contribution is -2.16. The lowest BCUT2D eigenvalue weighted by Gasteiger charge is -2.14. The van der Waals surface area contributed by atoms with Crippen LogP contribution in [0, 0.1) is 18.8 Å². The van der Waals surface area contributed by atoms with Crippen LogP contribution in [0.5, 0.6) is 5.75 Å². The molecule has 0 fully saturated rings.